The zero-order chi connectivity index (χ0) is 13.2. The maximum Gasteiger partial charge on any atom is 0.123 e. The van der Waals surface area contributed by atoms with Crippen molar-refractivity contribution >= 4 is 11.6 Å². The Balaban J connectivity index is 1.80. The summed E-state index contributed by atoms with van der Waals surface area (Å²) in [5.41, 5.74) is 9.45. The van der Waals surface area contributed by atoms with E-state index in [-0.39, 0.29) is 6.04 Å². The van der Waals surface area contributed by atoms with Crippen LogP contribution >= 0.6 is 11.6 Å². The van der Waals surface area contributed by atoms with Crippen LogP contribution in [-0.4, -0.2) is 4.98 Å². The van der Waals surface area contributed by atoms with Gasteiger partial charge in [-0.25, -0.2) is 0 Å². The van der Waals surface area contributed by atoms with Crippen molar-refractivity contribution in [3.05, 3.63) is 58.4 Å². The quantitative estimate of drug-likeness (QED) is 0.934. The van der Waals surface area contributed by atoms with Gasteiger partial charge >= 0.3 is 0 Å². The number of aromatic nitrogens is 1. The van der Waals surface area contributed by atoms with Gasteiger partial charge in [0.15, 0.2) is 0 Å². The first-order chi connectivity index (χ1) is 9.25. The Kier molecular flexibility index (Phi) is 3.40. The van der Waals surface area contributed by atoms with E-state index < -0.39 is 0 Å². The normalized spacial score (nSPS) is 17.3. The molecule has 0 radical (unpaired) electrons. The van der Waals surface area contributed by atoms with E-state index >= 15 is 0 Å². The lowest BCUT2D eigenvalue weighted by Crippen LogP contribution is -2.05. The summed E-state index contributed by atoms with van der Waals surface area (Å²) >= 11 is 6.07. The second-order valence-electron chi connectivity index (χ2n) is 4.72. The predicted molar refractivity (Wildman–Crippen MR) is 75.3 cm³/mol. The molecular formula is C15H15ClN2O. The summed E-state index contributed by atoms with van der Waals surface area (Å²) in [5.74, 6) is 0.915. The largest absolute Gasteiger partial charge is 0.489 e. The van der Waals surface area contributed by atoms with Gasteiger partial charge in [-0.05, 0) is 36.1 Å². The number of benzene rings is 1. The second-order valence-corrected chi connectivity index (χ2v) is 5.13. The summed E-state index contributed by atoms with van der Waals surface area (Å²) in [4.78, 5) is 3.96. The summed E-state index contributed by atoms with van der Waals surface area (Å²) < 4.78 is 5.90. The number of hydrogen-bond donors (Lipinski definition) is 1. The average molecular weight is 275 g/mol. The van der Waals surface area contributed by atoms with Gasteiger partial charge < -0.3 is 10.5 Å². The third-order valence-corrected chi connectivity index (χ3v) is 3.85. The van der Waals surface area contributed by atoms with Gasteiger partial charge in [0.2, 0.25) is 0 Å². The first-order valence-corrected chi connectivity index (χ1v) is 6.72. The summed E-state index contributed by atoms with van der Waals surface area (Å²) in [5, 5.41) is 0.631. The molecule has 1 aromatic carbocycles. The van der Waals surface area contributed by atoms with Crippen molar-refractivity contribution in [3.63, 3.8) is 0 Å². The molecule has 0 fully saturated rings. The molecular weight excluding hydrogens is 260 g/mol. The van der Waals surface area contributed by atoms with Crippen molar-refractivity contribution < 1.29 is 4.74 Å². The molecule has 19 heavy (non-hydrogen) atoms. The third kappa shape index (κ3) is 2.44. The van der Waals surface area contributed by atoms with Crippen LogP contribution in [0.5, 0.6) is 5.75 Å². The summed E-state index contributed by atoms with van der Waals surface area (Å²) in [6, 6.07) is 8.08. The number of pyridine rings is 1. The van der Waals surface area contributed by atoms with Crippen LogP contribution in [0.3, 0.4) is 0 Å². The lowest BCUT2D eigenvalue weighted by Gasteiger charge is -2.12. The molecule has 3 nitrogen and oxygen atoms in total. The van der Waals surface area contributed by atoms with Crippen LogP contribution in [0.15, 0.2) is 36.7 Å². The van der Waals surface area contributed by atoms with E-state index in [4.69, 9.17) is 22.1 Å². The van der Waals surface area contributed by atoms with E-state index in [1.807, 2.05) is 18.2 Å². The third-order valence-electron chi connectivity index (χ3n) is 3.51. The Labute approximate surface area is 117 Å². The number of fused-ring (bicyclic) bond motifs is 1. The Morgan fingerprint density at radius 2 is 2.26 bits per heavy atom. The fraction of sp³-hybridized carbons (Fsp3) is 0.267. The van der Waals surface area contributed by atoms with E-state index in [1.54, 1.807) is 12.4 Å². The van der Waals surface area contributed by atoms with Gasteiger partial charge in [0.05, 0.1) is 5.02 Å². The molecule has 2 N–H and O–H groups in total. The number of rotatable bonds is 3. The fourth-order valence-electron chi connectivity index (χ4n) is 2.46. The average Bonchev–Trinajstić information content (AvgIpc) is 2.81. The van der Waals surface area contributed by atoms with E-state index in [0.717, 1.165) is 24.2 Å². The number of hydrogen-bond acceptors (Lipinski definition) is 3. The van der Waals surface area contributed by atoms with Crippen molar-refractivity contribution in [1.82, 2.24) is 4.98 Å². The molecule has 98 valence electrons. The summed E-state index contributed by atoms with van der Waals surface area (Å²) in [6.07, 6.45) is 5.32. The van der Waals surface area contributed by atoms with Gasteiger partial charge in [-0.2, -0.15) is 0 Å². The van der Waals surface area contributed by atoms with Crippen molar-refractivity contribution in [2.45, 2.75) is 25.5 Å². The molecule has 1 aliphatic rings. The minimum atomic E-state index is 0.142. The summed E-state index contributed by atoms with van der Waals surface area (Å²) in [6.45, 7) is 0.451. The lowest BCUT2D eigenvalue weighted by atomic mass is 10.1. The Morgan fingerprint density at radius 3 is 3.11 bits per heavy atom. The molecule has 0 saturated heterocycles. The number of nitrogens with zero attached hydrogens (tertiary/aromatic N) is 1. The highest BCUT2D eigenvalue weighted by atomic mass is 35.5. The van der Waals surface area contributed by atoms with E-state index in [2.05, 4.69) is 11.1 Å². The van der Waals surface area contributed by atoms with Crippen LogP contribution in [0.4, 0.5) is 0 Å². The SMILES string of the molecule is NC1CCc2c(OCc3ccncc3Cl)cccc21. The minimum Gasteiger partial charge on any atom is -0.489 e. The first-order valence-electron chi connectivity index (χ1n) is 6.34. The molecule has 0 aliphatic heterocycles. The molecule has 0 amide bonds. The van der Waals surface area contributed by atoms with Crippen molar-refractivity contribution in [3.8, 4) is 5.75 Å². The highest BCUT2D eigenvalue weighted by molar-refractivity contribution is 6.31. The zero-order valence-electron chi connectivity index (χ0n) is 10.5. The highest BCUT2D eigenvalue weighted by Crippen LogP contribution is 2.35. The molecule has 4 heteroatoms. The molecule has 0 spiro atoms. The van der Waals surface area contributed by atoms with Gasteiger partial charge in [-0.3, -0.25) is 4.98 Å². The van der Waals surface area contributed by atoms with Crippen LogP contribution < -0.4 is 10.5 Å². The van der Waals surface area contributed by atoms with E-state index in [9.17, 15) is 0 Å². The molecule has 3 rings (SSSR count). The molecule has 1 aromatic heterocycles. The number of nitrogens with two attached hydrogens (primary N) is 1. The van der Waals surface area contributed by atoms with Gasteiger partial charge in [0, 0.05) is 24.0 Å². The van der Waals surface area contributed by atoms with Crippen molar-refractivity contribution in [2.75, 3.05) is 0 Å². The standard InChI is InChI=1S/C15H15ClN2O/c16-13-8-18-7-6-10(13)9-19-15-3-1-2-11-12(15)4-5-14(11)17/h1-3,6-8,14H,4-5,9,17H2. The minimum absolute atomic E-state index is 0.142. The summed E-state index contributed by atoms with van der Waals surface area (Å²) in [7, 11) is 0. The van der Waals surface area contributed by atoms with Gasteiger partial charge in [-0.1, -0.05) is 23.7 Å². The maximum absolute atomic E-state index is 6.07. The van der Waals surface area contributed by atoms with Crippen LogP contribution in [0.2, 0.25) is 5.02 Å². The number of ether oxygens (including phenoxy) is 1. The molecule has 0 saturated carbocycles. The second kappa shape index (κ2) is 5.19. The van der Waals surface area contributed by atoms with Crippen LogP contribution in [0, 0.1) is 0 Å². The first kappa shape index (κ1) is 12.5. The highest BCUT2D eigenvalue weighted by Gasteiger charge is 2.22. The van der Waals surface area contributed by atoms with Gasteiger partial charge in [-0.15, -0.1) is 0 Å². The zero-order valence-corrected chi connectivity index (χ0v) is 11.2. The van der Waals surface area contributed by atoms with Crippen LogP contribution in [-0.2, 0) is 13.0 Å². The van der Waals surface area contributed by atoms with Crippen LogP contribution in [0.1, 0.15) is 29.2 Å². The van der Waals surface area contributed by atoms with Crippen molar-refractivity contribution in [1.29, 1.82) is 0 Å². The molecule has 0 bridgehead atoms. The smallest absolute Gasteiger partial charge is 0.123 e. The molecule has 1 atom stereocenters. The van der Waals surface area contributed by atoms with E-state index in [1.165, 1.54) is 11.1 Å². The Morgan fingerprint density at radius 1 is 1.37 bits per heavy atom. The molecule has 1 heterocycles. The fourth-order valence-corrected chi connectivity index (χ4v) is 2.64. The predicted octanol–water partition coefficient (Wildman–Crippen LogP) is 3.26. The van der Waals surface area contributed by atoms with Gasteiger partial charge in [0.25, 0.3) is 0 Å². The number of halogens is 1. The Bertz CT molecular complexity index is 600. The topological polar surface area (TPSA) is 48.1 Å². The molecule has 2 aromatic rings. The monoisotopic (exact) mass is 274 g/mol. The van der Waals surface area contributed by atoms with Crippen LogP contribution in [0.25, 0.3) is 0 Å². The van der Waals surface area contributed by atoms with E-state index in [0.29, 0.717) is 11.6 Å². The van der Waals surface area contributed by atoms with Crippen molar-refractivity contribution in [2.24, 2.45) is 5.73 Å². The molecule has 1 unspecified atom stereocenters. The Hall–Kier alpha value is -1.58. The lowest BCUT2D eigenvalue weighted by molar-refractivity contribution is 0.303. The maximum atomic E-state index is 6.07. The van der Waals surface area contributed by atoms with Gasteiger partial charge in [0.1, 0.15) is 12.4 Å². The molecule has 1 aliphatic carbocycles.